The number of para-hydroxylation sites is 2. The molecule has 12 heteroatoms. The normalized spacial score (nSPS) is 11.0. The molecule has 0 atom stereocenters. The molecule has 1 amide bonds. The van der Waals surface area contributed by atoms with Crippen LogP contribution in [-0.4, -0.2) is 36.4 Å². The number of nitrogens with two attached hydrogens (primary N) is 2. The highest BCUT2D eigenvalue weighted by Gasteiger charge is 2.15. The van der Waals surface area contributed by atoms with E-state index in [9.17, 15) is 17.6 Å². The van der Waals surface area contributed by atoms with Gasteiger partial charge in [0, 0.05) is 18.1 Å². The van der Waals surface area contributed by atoms with Gasteiger partial charge in [-0.1, -0.05) is 12.1 Å². The molecule has 0 fully saturated rings. The zero-order valence-electron chi connectivity index (χ0n) is 16.4. The van der Waals surface area contributed by atoms with Gasteiger partial charge in [-0.05, 0) is 30.3 Å². The van der Waals surface area contributed by atoms with E-state index < -0.39 is 21.6 Å². The number of primary amides is 1. The van der Waals surface area contributed by atoms with Gasteiger partial charge in [0.05, 0.1) is 17.1 Å². The summed E-state index contributed by atoms with van der Waals surface area (Å²) in [6, 6.07) is 10.7. The number of benzene rings is 2. The number of halogens is 1. The number of sulfone groups is 1. The summed E-state index contributed by atoms with van der Waals surface area (Å²) >= 11 is 0. The lowest BCUT2D eigenvalue weighted by atomic mass is 10.2. The van der Waals surface area contributed by atoms with Crippen LogP contribution in [0.5, 0.6) is 0 Å². The first-order valence-electron chi connectivity index (χ1n) is 8.89. The molecule has 0 aliphatic rings. The van der Waals surface area contributed by atoms with Crippen LogP contribution < -0.4 is 27.4 Å². The van der Waals surface area contributed by atoms with Crippen molar-refractivity contribution in [1.29, 1.82) is 0 Å². The van der Waals surface area contributed by atoms with Crippen LogP contribution in [-0.2, 0) is 9.84 Å². The summed E-state index contributed by atoms with van der Waals surface area (Å²) in [4.78, 5) is 20.0. The molecule has 3 rings (SSSR count). The van der Waals surface area contributed by atoms with Crippen LogP contribution in [0.2, 0.25) is 0 Å². The number of hydrogen-bond donors (Lipinski definition) is 5. The molecule has 1 heterocycles. The van der Waals surface area contributed by atoms with Crippen molar-refractivity contribution in [3.8, 4) is 0 Å². The van der Waals surface area contributed by atoms with Crippen molar-refractivity contribution < 1.29 is 17.6 Å². The van der Waals surface area contributed by atoms with Crippen molar-refractivity contribution >= 4 is 50.3 Å². The van der Waals surface area contributed by atoms with Crippen molar-refractivity contribution in [2.45, 2.75) is 0 Å². The Labute approximate surface area is 177 Å². The van der Waals surface area contributed by atoms with E-state index in [0.717, 1.165) is 6.26 Å². The summed E-state index contributed by atoms with van der Waals surface area (Å²) in [5.41, 5.74) is 12.4. The van der Waals surface area contributed by atoms with Crippen LogP contribution in [0.15, 0.2) is 48.7 Å². The Balaban J connectivity index is 1.94. The van der Waals surface area contributed by atoms with Crippen molar-refractivity contribution in [3.63, 3.8) is 0 Å². The van der Waals surface area contributed by atoms with E-state index in [4.69, 9.17) is 11.5 Å². The van der Waals surface area contributed by atoms with Gasteiger partial charge >= 0.3 is 0 Å². The molecule has 0 unspecified atom stereocenters. The van der Waals surface area contributed by atoms with Crippen LogP contribution in [0.4, 0.5) is 38.9 Å². The van der Waals surface area contributed by atoms with Gasteiger partial charge in [-0.25, -0.2) is 17.8 Å². The van der Waals surface area contributed by atoms with Crippen molar-refractivity contribution in [1.82, 2.24) is 9.97 Å². The molecule has 0 bridgehead atoms. The fraction of sp³-hybridized carbons (Fsp3) is 0.105. The van der Waals surface area contributed by atoms with E-state index in [-0.39, 0.29) is 28.9 Å². The summed E-state index contributed by atoms with van der Waals surface area (Å²) in [5.74, 6) is -1.62. The van der Waals surface area contributed by atoms with Gasteiger partial charge < -0.3 is 27.4 Å². The van der Waals surface area contributed by atoms with Crippen LogP contribution in [0, 0.1) is 5.82 Å². The predicted octanol–water partition coefficient (Wildman–Crippen LogP) is 2.20. The molecule has 0 aliphatic heterocycles. The number of amides is 1. The van der Waals surface area contributed by atoms with E-state index in [1.807, 2.05) is 0 Å². The molecule has 2 aromatic carbocycles. The Morgan fingerprint density at radius 1 is 1.10 bits per heavy atom. The second kappa shape index (κ2) is 8.83. The molecule has 31 heavy (non-hydrogen) atoms. The average molecular weight is 445 g/mol. The maximum Gasteiger partial charge on any atom is 0.254 e. The summed E-state index contributed by atoms with van der Waals surface area (Å²) in [6.07, 6.45) is 2.29. The summed E-state index contributed by atoms with van der Waals surface area (Å²) in [6.45, 7) is 0. The van der Waals surface area contributed by atoms with E-state index in [2.05, 4.69) is 25.9 Å². The zero-order valence-corrected chi connectivity index (χ0v) is 17.2. The fourth-order valence-corrected chi connectivity index (χ4v) is 2.98. The lowest BCUT2D eigenvalue weighted by Crippen LogP contribution is -2.17. The number of hydrogen-bond acceptors (Lipinski definition) is 9. The number of nitrogens with zero attached hydrogens (tertiary/aromatic N) is 2. The molecule has 0 saturated heterocycles. The van der Waals surface area contributed by atoms with Gasteiger partial charge in [0.15, 0.2) is 9.84 Å². The van der Waals surface area contributed by atoms with Gasteiger partial charge in [0.2, 0.25) is 5.95 Å². The quantitative estimate of drug-likeness (QED) is 0.327. The molecule has 10 nitrogen and oxygen atoms in total. The number of anilines is 6. The molecule has 7 N–H and O–H groups in total. The molecule has 0 spiro atoms. The molecule has 0 aliphatic carbocycles. The number of nitrogens with one attached hydrogen (secondary N) is 3. The largest absolute Gasteiger partial charge is 0.399 e. The first-order valence-corrected chi connectivity index (χ1v) is 10.9. The van der Waals surface area contributed by atoms with Crippen LogP contribution in [0.25, 0.3) is 0 Å². The third-order valence-electron chi connectivity index (χ3n) is 4.00. The Morgan fingerprint density at radius 2 is 1.81 bits per heavy atom. The minimum absolute atomic E-state index is 0.0152. The summed E-state index contributed by atoms with van der Waals surface area (Å²) < 4.78 is 37.0. The number of nitrogen functional groups attached to an aromatic ring is 1. The highest BCUT2D eigenvalue weighted by molar-refractivity contribution is 7.90. The highest BCUT2D eigenvalue weighted by atomic mass is 32.2. The van der Waals surface area contributed by atoms with Crippen LogP contribution in [0.1, 0.15) is 10.4 Å². The third-order valence-corrected chi connectivity index (χ3v) is 4.66. The van der Waals surface area contributed by atoms with Crippen molar-refractivity contribution in [3.05, 3.63) is 60.0 Å². The van der Waals surface area contributed by atoms with Gasteiger partial charge in [-0.15, -0.1) is 0 Å². The Kier molecular flexibility index (Phi) is 6.20. The SMILES string of the molecule is CS(=O)(=O)CNc1ccccc1Nc1nc(Nc2cc(N)ccc2F)ncc1C(N)=O. The molecule has 0 saturated carbocycles. The molecule has 3 aromatic rings. The summed E-state index contributed by atoms with van der Waals surface area (Å²) in [5, 5.41) is 8.45. The van der Waals surface area contributed by atoms with E-state index in [1.165, 1.54) is 24.4 Å². The Bertz CT molecular complexity index is 1230. The first kappa shape index (κ1) is 21.8. The van der Waals surface area contributed by atoms with Gasteiger partial charge in [0.1, 0.15) is 23.1 Å². The standard InChI is InChI=1S/C19H20FN7O3S/c1-31(29,30)10-24-14-4-2-3-5-15(14)25-18-12(17(22)28)9-23-19(27-18)26-16-8-11(21)6-7-13(16)20/h2-9,24H,10,21H2,1H3,(H2,22,28)(H2,23,25,26,27). The van der Waals surface area contributed by atoms with Crippen LogP contribution >= 0.6 is 0 Å². The van der Waals surface area contributed by atoms with Crippen molar-refractivity contribution in [2.24, 2.45) is 5.73 Å². The monoisotopic (exact) mass is 445 g/mol. The smallest absolute Gasteiger partial charge is 0.254 e. The van der Waals surface area contributed by atoms with Gasteiger partial charge in [0.25, 0.3) is 5.91 Å². The van der Waals surface area contributed by atoms with Crippen LogP contribution in [0.3, 0.4) is 0 Å². The van der Waals surface area contributed by atoms with E-state index >= 15 is 0 Å². The summed E-state index contributed by atoms with van der Waals surface area (Å²) in [7, 11) is -3.28. The van der Waals surface area contributed by atoms with Crippen molar-refractivity contribution in [2.75, 3.05) is 33.8 Å². The number of carbonyl (C=O) groups excluding carboxylic acids is 1. The lowest BCUT2D eigenvalue weighted by molar-refractivity contribution is 0.100. The Morgan fingerprint density at radius 3 is 2.48 bits per heavy atom. The lowest BCUT2D eigenvalue weighted by Gasteiger charge is -2.15. The fourth-order valence-electron chi connectivity index (χ4n) is 2.56. The molecule has 162 valence electrons. The second-order valence-electron chi connectivity index (χ2n) is 6.60. The number of aromatic nitrogens is 2. The minimum atomic E-state index is -3.28. The van der Waals surface area contributed by atoms with Gasteiger partial charge in [-0.3, -0.25) is 4.79 Å². The minimum Gasteiger partial charge on any atom is -0.399 e. The predicted molar refractivity (Wildman–Crippen MR) is 118 cm³/mol. The number of rotatable bonds is 8. The Hall–Kier alpha value is -3.93. The average Bonchev–Trinajstić information content (AvgIpc) is 2.69. The maximum absolute atomic E-state index is 14.0. The van der Waals surface area contributed by atoms with E-state index in [1.54, 1.807) is 24.3 Å². The molecular weight excluding hydrogens is 425 g/mol. The zero-order chi connectivity index (χ0) is 22.6. The molecule has 0 radical (unpaired) electrons. The highest BCUT2D eigenvalue weighted by Crippen LogP contribution is 2.27. The molecule has 1 aromatic heterocycles. The topological polar surface area (TPSA) is 165 Å². The van der Waals surface area contributed by atoms with Gasteiger partial charge in [-0.2, -0.15) is 4.98 Å². The first-order chi connectivity index (χ1) is 14.6. The maximum atomic E-state index is 14.0. The third kappa shape index (κ3) is 5.79. The van der Waals surface area contributed by atoms with E-state index in [0.29, 0.717) is 17.1 Å². The molecular formula is C19H20FN7O3S. The second-order valence-corrected chi connectivity index (χ2v) is 8.74. The number of carbonyl (C=O) groups is 1.